The van der Waals surface area contributed by atoms with Gasteiger partial charge in [-0.15, -0.1) is 12.3 Å². The van der Waals surface area contributed by atoms with Crippen LogP contribution in [0, 0.1) is 41.7 Å². The summed E-state index contributed by atoms with van der Waals surface area (Å²) in [6, 6.07) is 0. The minimum Gasteiger partial charge on any atom is -0.402 e. The summed E-state index contributed by atoms with van der Waals surface area (Å²) >= 11 is 0. The van der Waals surface area contributed by atoms with E-state index in [4.69, 9.17) is 0 Å². The third-order valence-electron chi connectivity index (χ3n) is 0.475. The molecule has 1 heterocycles. The van der Waals surface area contributed by atoms with Crippen LogP contribution in [0.15, 0.2) is 17.3 Å². The minimum absolute atomic E-state index is 0. The molecule has 7 heavy (non-hydrogen) atoms. The Bertz CT molecular complexity index is 114. The first kappa shape index (κ1) is 7.46. The van der Waals surface area contributed by atoms with Gasteiger partial charge >= 0.3 is 0 Å². The number of aliphatic imine (C=N–C) groups is 1. The van der Waals surface area contributed by atoms with E-state index in [-0.39, 0.29) is 47.5 Å². The predicted octanol–water partition coefficient (Wildman–Crippen LogP) is 0.0306. The smallest absolute Gasteiger partial charge is 0.0767 e. The van der Waals surface area contributed by atoms with Crippen LogP contribution >= 0.6 is 0 Å². The standard InChI is InChI=1S/C4H2NO.Ce/c6-4-1-2-5-3-4;/h1-2H;/q-1;. The van der Waals surface area contributed by atoms with E-state index in [0.29, 0.717) is 0 Å². The number of hydrogen-bond acceptors (Lipinski definition) is 2. The van der Waals surface area contributed by atoms with Gasteiger partial charge in [0, 0.05) is 41.7 Å². The molecule has 0 atom stereocenters. The number of allylic oxidation sites excluding steroid dienone is 1. The molecule has 0 unspecified atom stereocenters. The van der Waals surface area contributed by atoms with Gasteiger partial charge in [0.25, 0.3) is 0 Å². The monoisotopic (exact) mass is 220 g/mol. The van der Waals surface area contributed by atoms with Crippen molar-refractivity contribution in [3.63, 3.8) is 0 Å². The van der Waals surface area contributed by atoms with Crippen molar-refractivity contribution in [3.8, 4) is 0 Å². The van der Waals surface area contributed by atoms with Gasteiger partial charge in [0.2, 0.25) is 0 Å². The molecule has 0 aromatic rings. The first-order valence-electron chi connectivity index (χ1n) is 1.56. The summed E-state index contributed by atoms with van der Waals surface area (Å²) in [6.07, 6.45) is 4.97. The van der Waals surface area contributed by atoms with Crippen LogP contribution in [0.1, 0.15) is 0 Å². The Morgan fingerprint density at radius 2 is 2.43 bits per heavy atom. The first-order valence-corrected chi connectivity index (χ1v) is 1.56. The van der Waals surface area contributed by atoms with Crippen LogP contribution in [-0.4, -0.2) is 12.0 Å². The van der Waals surface area contributed by atoms with Gasteiger partial charge in [-0.3, -0.25) is 0 Å². The SMILES string of the molecule is O=C1[C-]=NC=C1.[Ce]. The van der Waals surface area contributed by atoms with Crippen molar-refractivity contribution in [3.05, 3.63) is 12.3 Å². The molecular formula is C4H2CeNO-. The molecule has 0 aromatic carbocycles. The summed E-state index contributed by atoms with van der Waals surface area (Å²) < 4.78 is 0. The molecule has 0 bridgehead atoms. The van der Waals surface area contributed by atoms with Crippen molar-refractivity contribution >= 4 is 12.0 Å². The molecule has 3 heteroatoms. The maximum absolute atomic E-state index is 9.95. The van der Waals surface area contributed by atoms with Crippen LogP contribution in [0.5, 0.6) is 0 Å². The largest absolute Gasteiger partial charge is 0.402 e. The van der Waals surface area contributed by atoms with Gasteiger partial charge in [-0.25, -0.2) is 0 Å². The van der Waals surface area contributed by atoms with Gasteiger partial charge in [0.05, 0.1) is 5.78 Å². The third kappa shape index (κ3) is 2.31. The van der Waals surface area contributed by atoms with E-state index in [0.717, 1.165) is 0 Å². The topological polar surface area (TPSA) is 29.4 Å². The zero-order valence-corrected chi connectivity index (χ0v) is 6.65. The summed E-state index contributed by atoms with van der Waals surface area (Å²) in [5.41, 5.74) is 0. The maximum Gasteiger partial charge on any atom is 0.0767 e. The molecule has 0 N–H and O–H groups in total. The summed E-state index contributed by atoms with van der Waals surface area (Å²) in [7, 11) is 0. The number of ketones is 1. The fourth-order valence-electron chi connectivity index (χ4n) is 0.243. The number of carbonyl (C=O) groups is 1. The van der Waals surface area contributed by atoms with Gasteiger partial charge in [-0.2, -0.15) is 0 Å². The molecule has 0 radical (unpaired) electrons. The van der Waals surface area contributed by atoms with Crippen molar-refractivity contribution in [1.82, 2.24) is 0 Å². The molecule has 0 aromatic heterocycles. The summed E-state index contributed by atoms with van der Waals surface area (Å²) in [5.74, 6) is -0.144. The predicted molar refractivity (Wildman–Crippen MR) is 21.6 cm³/mol. The molecule has 0 aliphatic carbocycles. The van der Waals surface area contributed by atoms with Gasteiger partial charge in [-0.05, 0) is 6.21 Å². The molecule has 0 saturated carbocycles. The van der Waals surface area contributed by atoms with Crippen LogP contribution in [0.2, 0.25) is 0 Å². The van der Waals surface area contributed by atoms with Gasteiger partial charge in [0.15, 0.2) is 0 Å². The number of nitrogens with zero attached hydrogens (tertiary/aromatic N) is 1. The number of hydrogen-bond donors (Lipinski definition) is 0. The Labute approximate surface area is 75.1 Å². The van der Waals surface area contributed by atoms with Gasteiger partial charge in [-0.1, -0.05) is 0 Å². The van der Waals surface area contributed by atoms with Crippen LogP contribution in [0.3, 0.4) is 0 Å². The minimum atomic E-state index is -0.144. The third-order valence-corrected chi connectivity index (χ3v) is 0.475. The second-order valence-corrected chi connectivity index (χ2v) is 0.921. The van der Waals surface area contributed by atoms with E-state index < -0.39 is 0 Å². The fourth-order valence-corrected chi connectivity index (χ4v) is 0.243. The van der Waals surface area contributed by atoms with Crippen LogP contribution in [-0.2, 0) is 4.79 Å². The molecule has 0 spiro atoms. The van der Waals surface area contributed by atoms with E-state index in [1.165, 1.54) is 12.3 Å². The molecule has 2 nitrogen and oxygen atoms in total. The Morgan fingerprint density at radius 3 is 2.57 bits per heavy atom. The van der Waals surface area contributed by atoms with Crippen LogP contribution < -0.4 is 0 Å². The molecule has 1 aliphatic heterocycles. The van der Waals surface area contributed by atoms with Crippen molar-refractivity contribution in [1.29, 1.82) is 0 Å². The van der Waals surface area contributed by atoms with Crippen LogP contribution in [0.4, 0.5) is 0 Å². The van der Waals surface area contributed by atoms with E-state index in [9.17, 15) is 4.79 Å². The molecule has 1 aliphatic rings. The normalized spacial score (nSPS) is 14.6. The van der Waals surface area contributed by atoms with E-state index in [1.807, 2.05) is 0 Å². The second kappa shape index (κ2) is 3.46. The zero-order chi connectivity index (χ0) is 4.41. The molecule has 34 valence electrons. The molecule has 0 saturated heterocycles. The Balaban J connectivity index is 0.000000360. The fraction of sp³-hybridized carbons (Fsp3) is 0. The Morgan fingerprint density at radius 1 is 1.71 bits per heavy atom. The average molecular weight is 220 g/mol. The zero-order valence-electron chi connectivity index (χ0n) is 3.51. The Hall–Kier alpha value is 0.457. The quantitative estimate of drug-likeness (QED) is 0.530. The van der Waals surface area contributed by atoms with Gasteiger partial charge < -0.3 is 9.79 Å². The number of carbonyl (C=O) groups excluding carboxylic acids is 1. The summed E-state index contributed by atoms with van der Waals surface area (Å²) in [5, 5.41) is 0. The Kier molecular flexibility index (Phi) is 3.68. The molecule has 0 fully saturated rings. The summed E-state index contributed by atoms with van der Waals surface area (Å²) in [4.78, 5) is 13.3. The molecular weight excluding hydrogens is 218 g/mol. The van der Waals surface area contributed by atoms with Crippen molar-refractivity contribution < 1.29 is 46.5 Å². The van der Waals surface area contributed by atoms with E-state index in [1.54, 1.807) is 0 Å². The maximum atomic E-state index is 9.95. The van der Waals surface area contributed by atoms with Crippen molar-refractivity contribution in [2.75, 3.05) is 0 Å². The summed E-state index contributed by atoms with van der Waals surface area (Å²) in [6.45, 7) is 0. The average Bonchev–Trinajstić information content (AvgIpc) is 1.86. The van der Waals surface area contributed by atoms with Gasteiger partial charge in [0.1, 0.15) is 0 Å². The van der Waals surface area contributed by atoms with E-state index >= 15 is 0 Å². The van der Waals surface area contributed by atoms with Crippen molar-refractivity contribution in [2.45, 2.75) is 0 Å². The van der Waals surface area contributed by atoms with Crippen molar-refractivity contribution in [2.24, 2.45) is 4.99 Å². The second-order valence-electron chi connectivity index (χ2n) is 0.921. The number of rotatable bonds is 0. The molecule has 0 amide bonds. The van der Waals surface area contributed by atoms with Crippen LogP contribution in [0.25, 0.3) is 0 Å². The van der Waals surface area contributed by atoms with E-state index in [2.05, 4.69) is 11.2 Å². The molecule has 1 rings (SSSR count). The first-order chi connectivity index (χ1) is 2.89.